The fourth-order valence-electron chi connectivity index (χ4n) is 9.40. The van der Waals surface area contributed by atoms with Gasteiger partial charge in [0, 0.05) is 48.0 Å². The van der Waals surface area contributed by atoms with Gasteiger partial charge in [0.1, 0.15) is 0 Å². The summed E-state index contributed by atoms with van der Waals surface area (Å²) in [4.78, 5) is 10.3. The van der Waals surface area contributed by atoms with Gasteiger partial charge in [0.2, 0.25) is 0 Å². The van der Waals surface area contributed by atoms with Gasteiger partial charge in [-0.25, -0.2) is 4.98 Å². The Morgan fingerprint density at radius 1 is 0.443 bits per heavy atom. The van der Waals surface area contributed by atoms with E-state index in [1.54, 1.807) is 0 Å². The zero-order chi connectivity index (χ0) is 40.3. The van der Waals surface area contributed by atoms with Crippen molar-refractivity contribution in [2.45, 2.75) is 12.3 Å². The Labute approximate surface area is 358 Å². The van der Waals surface area contributed by atoms with E-state index in [0.717, 1.165) is 39.5 Å². The predicted octanol–water partition coefficient (Wildman–Crippen LogP) is 16.1. The first-order valence-electron chi connectivity index (χ1n) is 21.0. The summed E-state index contributed by atoms with van der Waals surface area (Å²) in [5.74, 6) is 0.243. The molecule has 2 nitrogen and oxygen atoms in total. The first kappa shape index (κ1) is 35.5. The van der Waals surface area contributed by atoms with Crippen LogP contribution in [0, 0.1) is 0 Å². The first-order chi connectivity index (χ1) is 30.2. The molecule has 0 spiro atoms. The highest BCUT2D eigenvalue weighted by atomic mass is 32.1. The topological polar surface area (TPSA) is 25.8 Å². The van der Waals surface area contributed by atoms with E-state index in [1.807, 2.05) is 17.5 Å². The minimum atomic E-state index is 0.243. The maximum atomic E-state index is 5.29. The Morgan fingerprint density at radius 2 is 1.08 bits per heavy atom. The lowest BCUT2D eigenvalue weighted by Crippen LogP contribution is -2.01. The minimum absolute atomic E-state index is 0.243. The van der Waals surface area contributed by atoms with E-state index in [9.17, 15) is 0 Å². The van der Waals surface area contributed by atoms with Crippen LogP contribution in [0.2, 0.25) is 0 Å². The monoisotopic (exact) mass is 794 g/mol. The van der Waals surface area contributed by atoms with Crippen molar-refractivity contribution in [3.63, 3.8) is 0 Å². The average Bonchev–Trinajstić information content (AvgIpc) is 3.72. The van der Waals surface area contributed by atoms with Crippen LogP contribution in [0.5, 0.6) is 0 Å². The number of aromatic nitrogens is 2. The summed E-state index contributed by atoms with van der Waals surface area (Å²) in [7, 11) is 0. The van der Waals surface area contributed by atoms with Crippen LogP contribution in [0.3, 0.4) is 0 Å². The summed E-state index contributed by atoms with van der Waals surface area (Å²) < 4.78 is 2.63. The molecule has 2 aromatic heterocycles. The largest absolute Gasteiger partial charge is 0.252 e. The van der Waals surface area contributed by atoms with Gasteiger partial charge in [-0.3, -0.25) is 4.98 Å². The van der Waals surface area contributed by atoms with Gasteiger partial charge in [0.15, 0.2) is 0 Å². The Balaban J connectivity index is 0.898. The van der Waals surface area contributed by atoms with E-state index in [-0.39, 0.29) is 5.92 Å². The lowest BCUT2D eigenvalue weighted by atomic mass is 9.84. The van der Waals surface area contributed by atoms with Crippen LogP contribution in [0.1, 0.15) is 23.5 Å². The van der Waals surface area contributed by atoms with Crippen molar-refractivity contribution < 1.29 is 0 Å². The normalized spacial score (nSPS) is 14.0. The molecule has 1 atom stereocenters. The molecule has 12 rings (SSSR count). The van der Waals surface area contributed by atoms with Gasteiger partial charge in [0.05, 0.1) is 22.9 Å². The summed E-state index contributed by atoms with van der Waals surface area (Å²) in [5.41, 5.74) is 15.2. The molecule has 0 saturated carbocycles. The minimum Gasteiger partial charge on any atom is -0.252 e. The van der Waals surface area contributed by atoms with E-state index in [4.69, 9.17) is 9.97 Å². The number of allylic oxidation sites excluding steroid dienone is 4. The number of nitrogens with zero attached hydrogens (tertiary/aromatic N) is 2. The molecule has 61 heavy (non-hydrogen) atoms. The fourth-order valence-corrected chi connectivity index (χ4v) is 10.6. The molecule has 286 valence electrons. The second-order valence-electron chi connectivity index (χ2n) is 16.1. The number of hydrogen-bond acceptors (Lipinski definition) is 3. The average molecular weight is 795 g/mol. The summed E-state index contributed by atoms with van der Waals surface area (Å²) in [6, 6.07) is 68.4. The van der Waals surface area contributed by atoms with Crippen LogP contribution in [-0.2, 0) is 0 Å². The molecule has 0 saturated heterocycles. The maximum Gasteiger partial charge on any atom is 0.0979 e. The number of fused-ring (bicyclic) bond motifs is 9. The predicted molar refractivity (Wildman–Crippen MR) is 260 cm³/mol. The third-order valence-electron chi connectivity index (χ3n) is 12.4. The molecule has 1 aliphatic rings. The molecule has 3 heteroatoms. The summed E-state index contributed by atoms with van der Waals surface area (Å²) >= 11 is 1.90. The van der Waals surface area contributed by atoms with Gasteiger partial charge >= 0.3 is 0 Å². The molecule has 0 amide bonds. The lowest BCUT2D eigenvalue weighted by Gasteiger charge is -2.21. The molecule has 2 heterocycles. The van der Waals surface area contributed by atoms with Crippen LogP contribution >= 0.6 is 11.3 Å². The second kappa shape index (κ2) is 14.7. The van der Waals surface area contributed by atoms with E-state index in [0.29, 0.717) is 0 Å². The molecule has 1 unspecified atom stereocenters. The van der Waals surface area contributed by atoms with Crippen molar-refractivity contribution >= 4 is 69.7 Å². The van der Waals surface area contributed by atoms with Crippen molar-refractivity contribution in [2.75, 3.05) is 0 Å². The van der Waals surface area contributed by atoms with E-state index in [1.165, 1.54) is 81.0 Å². The number of rotatable bonds is 6. The highest BCUT2D eigenvalue weighted by Crippen LogP contribution is 2.45. The third kappa shape index (κ3) is 6.25. The van der Waals surface area contributed by atoms with E-state index < -0.39 is 0 Å². The molecule has 1 aliphatic carbocycles. The molecule has 0 radical (unpaired) electrons. The Bertz CT molecular complexity index is 3530. The van der Waals surface area contributed by atoms with Gasteiger partial charge in [-0.1, -0.05) is 176 Å². The van der Waals surface area contributed by atoms with Crippen molar-refractivity contribution in [3.05, 3.63) is 224 Å². The first-order valence-corrected chi connectivity index (χ1v) is 21.8. The number of hydrogen-bond donors (Lipinski definition) is 0. The molecule has 0 N–H and O–H groups in total. The molecule has 0 aliphatic heterocycles. The van der Waals surface area contributed by atoms with Gasteiger partial charge in [0.25, 0.3) is 0 Å². The van der Waals surface area contributed by atoms with Crippen molar-refractivity contribution in [1.29, 1.82) is 0 Å². The van der Waals surface area contributed by atoms with Gasteiger partial charge in [-0.05, 0) is 92.0 Å². The molecule has 0 bridgehead atoms. The summed E-state index contributed by atoms with van der Waals surface area (Å²) in [6.07, 6.45) is 9.72. The Morgan fingerprint density at radius 3 is 1.87 bits per heavy atom. The van der Waals surface area contributed by atoms with Crippen molar-refractivity contribution in [2.24, 2.45) is 0 Å². The van der Waals surface area contributed by atoms with Crippen LogP contribution in [0.25, 0.3) is 103 Å². The number of thiophene rings is 1. The summed E-state index contributed by atoms with van der Waals surface area (Å²) in [6.45, 7) is 0. The molecule has 11 aromatic rings. The van der Waals surface area contributed by atoms with Gasteiger partial charge in [-0.2, -0.15) is 0 Å². The lowest BCUT2D eigenvalue weighted by molar-refractivity contribution is 0.868. The van der Waals surface area contributed by atoms with Crippen LogP contribution in [0.15, 0.2) is 212 Å². The zero-order valence-corrected chi connectivity index (χ0v) is 34.1. The van der Waals surface area contributed by atoms with E-state index in [2.05, 4.69) is 206 Å². The van der Waals surface area contributed by atoms with Gasteiger partial charge < -0.3 is 0 Å². The zero-order valence-electron chi connectivity index (χ0n) is 33.3. The molecule has 0 fully saturated rings. The highest BCUT2D eigenvalue weighted by Gasteiger charge is 2.20. The number of benzene rings is 9. The SMILES string of the molecule is C1=CC(c2cccc(-c3cc(-c4ccccc4)cc4c3sc3ccc(-c5ccccc5)cc34)c2)CC(c2cccc(-c3cnc4c5ccccc5c5ccccc5c4n3)c2)=C1. The fraction of sp³-hybridized carbons (Fsp3) is 0.0345. The maximum absolute atomic E-state index is 5.29. The van der Waals surface area contributed by atoms with Crippen molar-refractivity contribution in [3.8, 4) is 44.6 Å². The quantitative estimate of drug-likeness (QED) is 0.157. The molecular formula is C58H38N2S. The molecule has 9 aromatic carbocycles. The molecular weight excluding hydrogens is 757 g/mol. The Hall–Kier alpha value is -7.46. The van der Waals surface area contributed by atoms with Crippen LogP contribution in [-0.4, -0.2) is 9.97 Å². The van der Waals surface area contributed by atoms with Gasteiger partial charge in [-0.15, -0.1) is 11.3 Å². The van der Waals surface area contributed by atoms with E-state index >= 15 is 0 Å². The highest BCUT2D eigenvalue weighted by molar-refractivity contribution is 7.26. The van der Waals surface area contributed by atoms with Crippen molar-refractivity contribution in [1.82, 2.24) is 9.97 Å². The second-order valence-corrected chi connectivity index (χ2v) is 17.1. The summed E-state index contributed by atoms with van der Waals surface area (Å²) in [5, 5.41) is 7.28. The van der Waals surface area contributed by atoms with Crippen LogP contribution < -0.4 is 0 Å². The van der Waals surface area contributed by atoms with Crippen LogP contribution in [0.4, 0.5) is 0 Å². The Kier molecular flexibility index (Phi) is 8.53. The standard InChI is InChI=1S/C58H38N2S/c1-3-14-37(15-4-1)43-28-29-55-52(33-43)53-35-46(38-16-5-2-6-17-38)34-51(58(53)61-55)44-22-12-20-41(31-44)39-18-11-19-40(30-39)42-21-13-23-45(32-42)54-36-59-56-49-26-9-7-24-47(49)48-25-8-10-27-50(48)57(56)60-54/h1-29,31-36,39H,30H2. The third-order valence-corrected chi connectivity index (χ3v) is 13.7. The smallest absolute Gasteiger partial charge is 0.0979 e.